The van der Waals surface area contributed by atoms with Crippen molar-refractivity contribution in [1.82, 2.24) is 5.32 Å². The largest absolute Gasteiger partial charge is 0.381 e. The van der Waals surface area contributed by atoms with Crippen LogP contribution in [0.25, 0.3) is 0 Å². The minimum absolute atomic E-state index is 0.378. The number of imide groups is 1. The lowest BCUT2D eigenvalue weighted by Gasteiger charge is -2.05. The molecular formula is C11H7ClN2O3. The Labute approximate surface area is 101 Å². The van der Waals surface area contributed by atoms with E-state index < -0.39 is 17.9 Å². The van der Waals surface area contributed by atoms with E-state index in [0.717, 1.165) is 0 Å². The Morgan fingerprint density at radius 1 is 1.29 bits per heavy atom. The van der Waals surface area contributed by atoms with Crippen molar-refractivity contribution in [2.45, 2.75) is 6.10 Å². The molecule has 2 atom stereocenters. The molecule has 2 unspecified atom stereocenters. The number of carbonyl (C=O) groups is 2. The van der Waals surface area contributed by atoms with Gasteiger partial charge in [0.25, 0.3) is 5.91 Å². The van der Waals surface area contributed by atoms with E-state index in [9.17, 15) is 9.59 Å². The SMILES string of the molecule is O=C1NC(=O)C2C(c3cccc(Cl)c3)=NOC12. The lowest BCUT2D eigenvalue weighted by Crippen LogP contribution is -2.26. The Morgan fingerprint density at radius 2 is 2.12 bits per heavy atom. The summed E-state index contributed by atoms with van der Waals surface area (Å²) in [5.41, 5.74) is 1.13. The van der Waals surface area contributed by atoms with E-state index in [1.54, 1.807) is 24.3 Å². The van der Waals surface area contributed by atoms with Crippen molar-refractivity contribution < 1.29 is 14.4 Å². The average Bonchev–Trinajstić information content (AvgIpc) is 2.82. The lowest BCUT2D eigenvalue weighted by atomic mass is 9.94. The molecule has 3 rings (SSSR count). The third kappa shape index (κ3) is 1.51. The Bertz CT molecular complexity index is 555. The number of amides is 2. The first-order chi connectivity index (χ1) is 8.16. The summed E-state index contributed by atoms with van der Waals surface area (Å²) in [4.78, 5) is 27.9. The number of halogens is 1. The van der Waals surface area contributed by atoms with Crippen molar-refractivity contribution in [3.63, 3.8) is 0 Å². The smallest absolute Gasteiger partial charge is 0.271 e. The minimum atomic E-state index is -0.837. The molecule has 0 aromatic heterocycles. The number of oxime groups is 1. The van der Waals surface area contributed by atoms with Gasteiger partial charge in [-0.15, -0.1) is 0 Å². The van der Waals surface area contributed by atoms with Gasteiger partial charge in [-0.3, -0.25) is 14.9 Å². The molecule has 0 spiro atoms. The summed E-state index contributed by atoms with van der Waals surface area (Å²) in [6, 6.07) is 6.93. The van der Waals surface area contributed by atoms with Crippen LogP contribution in [-0.4, -0.2) is 23.6 Å². The second kappa shape index (κ2) is 3.56. The van der Waals surface area contributed by atoms with Gasteiger partial charge in [-0.25, -0.2) is 0 Å². The zero-order chi connectivity index (χ0) is 12.0. The molecule has 5 nitrogen and oxygen atoms in total. The molecule has 0 radical (unpaired) electrons. The predicted molar refractivity (Wildman–Crippen MR) is 59.5 cm³/mol. The molecule has 0 saturated carbocycles. The van der Waals surface area contributed by atoms with Crippen LogP contribution in [0.4, 0.5) is 0 Å². The molecule has 1 aromatic carbocycles. The Kier molecular flexibility index (Phi) is 2.16. The minimum Gasteiger partial charge on any atom is -0.381 e. The molecule has 1 N–H and O–H groups in total. The summed E-state index contributed by atoms with van der Waals surface area (Å²) < 4.78 is 0. The zero-order valence-electron chi connectivity index (χ0n) is 8.51. The summed E-state index contributed by atoms with van der Waals surface area (Å²) in [6.07, 6.45) is -0.837. The Balaban J connectivity index is 2.01. The Hall–Kier alpha value is -1.88. The van der Waals surface area contributed by atoms with Crippen LogP contribution in [0.1, 0.15) is 5.56 Å². The second-order valence-corrected chi connectivity index (χ2v) is 4.28. The molecule has 1 aromatic rings. The first kappa shape index (κ1) is 10.3. The number of hydrogen-bond donors (Lipinski definition) is 1. The van der Waals surface area contributed by atoms with Gasteiger partial charge < -0.3 is 4.84 Å². The third-order valence-electron chi connectivity index (χ3n) is 2.77. The van der Waals surface area contributed by atoms with Gasteiger partial charge in [-0.05, 0) is 12.1 Å². The molecule has 0 aliphatic carbocycles. The normalized spacial score (nSPS) is 26.3. The van der Waals surface area contributed by atoms with Gasteiger partial charge in [0, 0.05) is 10.6 Å². The molecule has 6 heteroatoms. The maximum atomic E-state index is 11.6. The van der Waals surface area contributed by atoms with Gasteiger partial charge in [0.15, 0.2) is 0 Å². The van der Waals surface area contributed by atoms with Crippen molar-refractivity contribution >= 4 is 29.1 Å². The van der Waals surface area contributed by atoms with Gasteiger partial charge in [0.05, 0.1) is 0 Å². The summed E-state index contributed by atoms with van der Waals surface area (Å²) in [5.74, 6) is -1.49. The fourth-order valence-electron chi connectivity index (χ4n) is 1.99. The maximum Gasteiger partial charge on any atom is 0.271 e. The van der Waals surface area contributed by atoms with Crippen LogP contribution in [0, 0.1) is 5.92 Å². The average molecular weight is 251 g/mol. The Morgan fingerprint density at radius 3 is 2.88 bits per heavy atom. The van der Waals surface area contributed by atoms with Gasteiger partial charge in [-0.1, -0.05) is 28.9 Å². The van der Waals surface area contributed by atoms with Crippen molar-refractivity contribution in [3.8, 4) is 0 Å². The summed E-state index contributed by atoms with van der Waals surface area (Å²) in [6.45, 7) is 0. The van der Waals surface area contributed by atoms with Crippen LogP contribution < -0.4 is 5.32 Å². The number of rotatable bonds is 1. The fourth-order valence-corrected chi connectivity index (χ4v) is 2.18. The molecule has 1 fully saturated rings. The molecule has 17 heavy (non-hydrogen) atoms. The molecule has 1 saturated heterocycles. The van der Waals surface area contributed by atoms with E-state index in [2.05, 4.69) is 10.5 Å². The predicted octanol–water partition coefficient (Wildman–Crippen LogP) is 0.715. The molecular weight excluding hydrogens is 244 g/mol. The number of hydrogen-bond acceptors (Lipinski definition) is 4. The van der Waals surface area contributed by atoms with Crippen molar-refractivity contribution in [2.75, 3.05) is 0 Å². The quantitative estimate of drug-likeness (QED) is 0.747. The first-order valence-electron chi connectivity index (χ1n) is 5.01. The van der Waals surface area contributed by atoms with Crippen LogP contribution in [0.15, 0.2) is 29.4 Å². The number of fused-ring (bicyclic) bond motifs is 1. The standard InChI is InChI=1S/C11H7ClN2O3/c12-6-3-1-2-5(4-6)8-7-9(17-14-8)11(16)13-10(7)15/h1-4,7,9H,(H,13,15,16). The number of nitrogens with one attached hydrogen (secondary N) is 1. The molecule has 2 aliphatic rings. The van der Waals surface area contributed by atoms with Crippen LogP contribution in [0.5, 0.6) is 0 Å². The molecule has 2 aliphatic heterocycles. The summed E-state index contributed by atoms with van der Waals surface area (Å²) in [7, 11) is 0. The van der Waals surface area contributed by atoms with E-state index >= 15 is 0 Å². The van der Waals surface area contributed by atoms with Crippen LogP contribution in [-0.2, 0) is 14.4 Å². The molecule has 86 valence electrons. The van der Waals surface area contributed by atoms with E-state index in [-0.39, 0.29) is 5.91 Å². The second-order valence-electron chi connectivity index (χ2n) is 3.84. The van der Waals surface area contributed by atoms with Gasteiger partial charge in [0.1, 0.15) is 11.6 Å². The molecule has 0 bridgehead atoms. The highest BCUT2D eigenvalue weighted by atomic mass is 35.5. The number of carbonyl (C=O) groups excluding carboxylic acids is 2. The van der Waals surface area contributed by atoms with E-state index in [4.69, 9.17) is 16.4 Å². The molecule has 2 amide bonds. The van der Waals surface area contributed by atoms with E-state index in [0.29, 0.717) is 16.3 Å². The van der Waals surface area contributed by atoms with Gasteiger partial charge in [0.2, 0.25) is 12.0 Å². The summed E-state index contributed by atoms with van der Waals surface area (Å²) in [5, 5.41) is 6.57. The van der Waals surface area contributed by atoms with Gasteiger partial charge in [-0.2, -0.15) is 0 Å². The molecule has 2 heterocycles. The van der Waals surface area contributed by atoms with E-state index in [1.807, 2.05) is 0 Å². The van der Waals surface area contributed by atoms with Crippen molar-refractivity contribution in [2.24, 2.45) is 11.1 Å². The van der Waals surface area contributed by atoms with E-state index in [1.165, 1.54) is 0 Å². The summed E-state index contributed by atoms with van der Waals surface area (Å²) >= 11 is 5.87. The number of nitrogens with zero attached hydrogens (tertiary/aromatic N) is 1. The van der Waals surface area contributed by atoms with Gasteiger partial charge >= 0.3 is 0 Å². The van der Waals surface area contributed by atoms with Crippen LogP contribution >= 0.6 is 11.6 Å². The highest BCUT2D eigenvalue weighted by molar-refractivity contribution is 6.31. The fraction of sp³-hybridized carbons (Fsp3) is 0.182. The topological polar surface area (TPSA) is 67.8 Å². The maximum absolute atomic E-state index is 11.6. The van der Waals surface area contributed by atoms with Crippen LogP contribution in [0.2, 0.25) is 5.02 Å². The number of benzene rings is 1. The first-order valence-corrected chi connectivity index (χ1v) is 5.39. The zero-order valence-corrected chi connectivity index (χ0v) is 9.27. The third-order valence-corrected chi connectivity index (χ3v) is 3.00. The monoisotopic (exact) mass is 250 g/mol. The van der Waals surface area contributed by atoms with Crippen LogP contribution in [0.3, 0.4) is 0 Å². The highest BCUT2D eigenvalue weighted by Gasteiger charge is 2.51. The lowest BCUT2D eigenvalue weighted by molar-refractivity contribution is -0.129. The highest BCUT2D eigenvalue weighted by Crippen LogP contribution is 2.28. The van der Waals surface area contributed by atoms with Crippen molar-refractivity contribution in [3.05, 3.63) is 34.9 Å². The van der Waals surface area contributed by atoms with Crippen molar-refractivity contribution in [1.29, 1.82) is 0 Å².